The Morgan fingerprint density at radius 3 is 2.59 bits per heavy atom. The Morgan fingerprint density at radius 2 is 1.86 bits per heavy atom. The molecule has 2 aliphatic rings. The van der Waals surface area contributed by atoms with E-state index in [2.05, 4.69) is 51.5 Å². The Hall–Kier alpha value is -3.37. The highest BCUT2D eigenvalue weighted by molar-refractivity contribution is 7.17. The Kier molecular flexibility index (Phi) is 7.76. The Balaban J connectivity index is 1.30. The van der Waals surface area contributed by atoms with E-state index >= 15 is 0 Å². The molecule has 196 valence electrons. The average molecular weight is 522 g/mol. The number of carbonyl (C=O) groups excluding carboxylic acids is 1. The second-order valence-corrected chi connectivity index (χ2v) is 10.7. The molecular weight excluding hydrogens is 486 g/mol. The van der Waals surface area contributed by atoms with E-state index in [0.29, 0.717) is 12.0 Å². The number of carbonyl (C=O) groups is 1. The minimum Gasteiger partial charge on any atom is -0.494 e. The number of nitrogens with zero attached hydrogens (tertiary/aromatic N) is 4. The highest BCUT2D eigenvalue weighted by atomic mass is 32.1. The minimum absolute atomic E-state index is 0.102. The van der Waals surface area contributed by atoms with Crippen molar-refractivity contribution in [3.8, 4) is 5.75 Å². The lowest BCUT2D eigenvalue weighted by atomic mass is 9.91. The van der Waals surface area contributed by atoms with Gasteiger partial charge in [0.15, 0.2) is 0 Å². The minimum atomic E-state index is -0.102. The topological polar surface area (TPSA) is 94.6 Å². The van der Waals surface area contributed by atoms with Crippen molar-refractivity contribution in [2.24, 2.45) is 0 Å². The number of rotatable bonds is 8. The number of hydrogen-bond acceptors (Lipinski definition) is 9. The van der Waals surface area contributed by atoms with Crippen molar-refractivity contribution in [3.05, 3.63) is 42.3 Å². The first-order valence-corrected chi connectivity index (χ1v) is 13.7. The summed E-state index contributed by atoms with van der Waals surface area (Å²) in [7, 11) is 3.85. The molecule has 1 aliphatic heterocycles. The van der Waals surface area contributed by atoms with Crippen LogP contribution in [-0.2, 0) is 4.79 Å². The number of piperazine rings is 1. The highest BCUT2D eigenvalue weighted by Crippen LogP contribution is 2.34. The second-order valence-electron chi connectivity index (χ2n) is 9.74. The normalized spacial score (nSPS) is 20.4. The van der Waals surface area contributed by atoms with E-state index in [1.165, 1.54) is 6.08 Å². The Bertz CT molecular complexity index is 1250. The summed E-state index contributed by atoms with van der Waals surface area (Å²) in [4.78, 5) is 26.0. The number of hydrogen-bond donors (Lipinski definition) is 3. The van der Waals surface area contributed by atoms with Gasteiger partial charge < -0.3 is 30.5 Å². The number of benzene rings is 1. The summed E-state index contributed by atoms with van der Waals surface area (Å²) >= 11 is 1.64. The first-order valence-electron chi connectivity index (χ1n) is 12.9. The third-order valence-electron chi connectivity index (χ3n) is 7.20. The van der Waals surface area contributed by atoms with Gasteiger partial charge in [0.05, 0.1) is 23.0 Å². The van der Waals surface area contributed by atoms with Crippen LogP contribution in [0.2, 0.25) is 0 Å². The number of aromatic nitrogens is 2. The fourth-order valence-corrected chi connectivity index (χ4v) is 5.80. The zero-order chi connectivity index (χ0) is 25.8. The lowest BCUT2D eigenvalue weighted by Crippen LogP contribution is -2.44. The van der Waals surface area contributed by atoms with Crippen LogP contribution in [-0.4, -0.2) is 73.2 Å². The Labute approximate surface area is 221 Å². The maximum Gasteiger partial charge on any atom is 0.243 e. The summed E-state index contributed by atoms with van der Waals surface area (Å²) in [5.74, 6) is 2.04. The largest absolute Gasteiger partial charge is 0.494 e. The van der Waals surface area contributed by atoms with Gasteiger partial charge in [-0.15, -0.1) is 11.3 Å². The summed E-state index contributed by atoms with van der Waals surface area (Å²) in [6.45, 7) is 7.65. The third-order valence-corrected chi connectivity index (χ3v) is 8.11. The molecule has 0 atom stereocenters. The van der Waals surface area contributed by atoms with Crippen LogP contribution in [0.15, 0.2) is 42.3 Å². The molecule has 0 unspecified atom stereocenters. The van der Waals surface area contributed by atoms with Crippen LogP contribution in [0.1, 0.15) is 25.7 Å². The van der Waals surface area contributed by atoms with Gasteiger partial charge in [-0.05, 0) is 62.4 Å². The second kappa shape index (κ2) is 11.4. The SMILES string of the molecule is C=CC(=O)NC1CCC(Nc2nc(Nc3ccc(N4CCN(C)CC4)cc3OC)nc3ccsc23)CC1. The molecule has 3 heterocycles. The molecule has 1 aliphatic carbocycles. The fraction of sp³-hybridized carbons (Fsp3) is 0.444. The fourth-order valence-electron chi connectivity index (χ4n) is 5.02. The smallest absolute Gasteiger partial charge is 0.243 e. The van der Waals surface area contributed by atoms with E-state index in [9.17, 15) is 4.79 Å². The van der Waals surface area contributed by atoms with Crippen molar-refractivity contribution in [2.75, 3.05) is 55.9 Å². The van der Waals surface area contributed by atoms with Crippen LogP contribution >= 0.6 is 11.3 Å². The van der Waals surface area contributed by atoms with Gasteiger partial charge in [0.2, 0.25) is 11.9 Å². The van der Waals surface area contributed by atoms with Gasteiger partial charge in [0.1, 0.15) is 11.6 Å². The van der Waals surface area contributed by atoms with E-state index < -0.39 is 0 Å². The number of thiophene rings is 1. The maximum atomic E-state index is 11.6. The summed E-state index contributed by atoms with van der Waals surface area (Å²) < 4.78 is 6.78. The van der Waals surface area contributed by atoms with Crippen molar-refractivity contribution in [1.29, 1.82) is 0 Å². The first-order chi connectivity index (χ1) is 18.0. The van der Waals surface area contributed by atoms with Gasteiger partial charge in [-0.25, -0.2) is 4.98 Å². The molecule has 1 amide bonds. The molecule has 1 saturated heterocycles. The summed E-state index contributed by atoms with van der Waals surface area (Å²) in [6.07, 6.45) is 5.12. The third kappa shape index (κ3) is 5.97. The molecule has 0 bridgehead atoms. The van der Waals surface area contributed by atoms with Crippen molar-refractivity contribution >= 4 is 50.6 Å². The van der Waals surface area contributed by atoms with Crippen LogP contribution < -0.4 is 25.6 Å². The zero-order valence-corrected chi connectivity index (χ0v) is 22.3. The maximum absolute atomic E-state index is 11.6. The summed E-state index contributed by atoms with van der Waals surface area (Å²) in [5, 5.41) is 12.1. The van der Waals surface area contributed by atoms with Crippen LogP contribution in [0, 0.1) is 0 Å². The van der Waals surface area contributed by atoms with E-state index in [-0.39, 0.29) is 11.9 Å². The summed E-state index contributed by atoms with van der Waals surface area (Å²) in [5.41, 5.74) is 2.90. The van der Waals surface area contributed by atoms with Crippen LogP contribution in [0.4, 0.5) is 23.1 Å². The van der Waals surface area contributed by atoms with Gasteiger partial charge >= 0.3 is 0 Å². The molecule has 37 heavy (non-hydrogen) atoms. The molecule has 2 aromatic heterocycles. The number of ether oxygens (including phenoxy) is 1. The van der Waals surface area contributed by atoms with Crippen LogP contribution in [0.25, 0.3) is 10.2 Å². The molecule has 1 aromatic carbocycles. The predicted octanol–water partition coefficient (Wildman–Crippen LogP) is 4.22. The lowest BCUT2D eigenvalue weighted by molar-refractivity contribution is -0.117. The van der Waals surface area contributed by atoms with Crippen LogP contribution in [0.5, 0.6) is 5.75 Å². The average Bonchev–Trinajstić information content (AvgIpc) is 3.39. The van der Waals surface area contributed by atoms with Crippen molar-refractivity contribution in [2.45, 2.75) is 37.8 Å². The molecule has 9 nitrogen and oxygen atoms in total. The molecular formula is C27H35N7O2S. The molecule has 3 aromatic rings. The quantitative estimate of drug-likeness (QED) is 0.380. The lowest BCUT2D eigenvalue weighted by Gasteiger charge is -2.34. The van der Waals surface area contributed by atoms with Crippen molar-refractivity contribution < 1.29 is 9.53 Å². The van der Waals surface area contributed by atoms with E-state index in [1.54, 1.807) is 18.4 Å². The number of methoxy groups -OCH3 is 1. The monoisotopic (exact) mass is 521 g/mol. The molecule has 3 N–H and O–H groups in total. The van der Waals surface area contributed by atoms with Gasteiger partial charge in [-0.2, -0.15) is 4.98 Å². The van der Waals surface area contributed by atoms with Gasteiger partial charge in [-0.1, -0.05) is 6.58 Å². The number of amides is 1. The molecule has 2 fully saturated rings. The summed E-state index contributed by atoms with van der Waals surface area (Å²) in [6, 6.07) is 8.77. The van der Waals surface area contributed by atoms with Gasteiger partial charge in [0, 0.05) is 50.0 Å². The standard InChI is InChI=1S/C27H35N7O2S/c1-4-24(35)28-18-5-7-19(8-6-18)29-26-25-22(11-16-37-25)31-27(32-26)30-21-10-9-20(17-23(21)36-3)34-14-12-33(2)13-15-34/h4,9-11,16-19H,1,5-8,12-15H2,2-3H3,(H,28,35)(H2,29,30,31,32). The Morgan fingerprint density at radius 1 is 1.11 bits per heavy atom. The molecule has 5 rings (SSSR count). The number of nitrogens with one attached hydrogen (secondary N) is 3. The first kappa shape index (κ1) is 25.3. The number of likely N-dealkylation sites (N-methyl/N-ethyl adjacent to an activating group) is 1. The van der Waals surface area contributed by atoms with Gasteiger partial charge in [0.25, 0.3) is 0 Å². The van der Waals surface area contributed by atoms with E-state index in [0.717, 1.165) is 85.0 Å². The number of fused-ring (bicyclic) bond motifs is 1. The van der Waals surface area contributed by atoms with Gasteiger partial charge in [-0.3, -0.25) is 4.79 Å². The highest BCUT2D eigenvalue weighted by Gasteiger charge is 2.23. The molecule has 0 radical (unpaired) electrons. The van der Waals surface area contributed by atoms with Crippen molar-refractivity contribution in [1.82, 2.24) is 20.2 Å². The molecule has 1 saturated carbocycles. The van der Waals surface area contributed by atoms with Crippen LogP contribution in [0.3, 0.4) is 0 Å². The van der Waals surface area contributed by atoms with Crippen molar-refractivity contribution in [3.63, 3.8) is 0 Å². The zero-order valence-electron chi connectivity index (χ0n) is 21.5. The molecule has 10 heteroatoms. The van der Waals surface area contributed by atoms with E-state index in [1.807, 2.05) is 17.5 Å². The number of anilines is 4. The predicted molar refractivity (Wildman–Crippen MR) is 151 cm³/mol. The van der Waals surface area contributed by atoms with E-state index in [4.69, 9.17) is 14.7 Å². The molecule has 0 spiro atoms.